The topological polar surface area (TPSA) is 51.8 Å². The van der Waals surface area contributed by atoms with E-state index in [-0.39, 0.29) is 6.04 Å². The van der Waals surface area contributed by atoms with Gasteiger partial charge in [0.2, 0.25) is 0 Å². The highest BCUT2D eigenvalue weighted by Gasteiger charge is 2.10. The Bertz CT molecular complexity index is 487. The van der Waals surface area contributed by atoms with E-state index in [2.05, 4.69) is 45.2 Å². The predicted octanol–water partition coefficient (Wildman–Crippen LogP) is 3.30. The maximum Gasteiger partial charge on any atom is 0.147 e. The van der Waals surface area contributed by atoms with E-state index in [9.17, 15) is 0 Å². The average molecular weight is 298 g/mol. The minimum atomic E-state index is -0.0560. The van der Waals surface area contributed by atoms with Crippen molar-refractivity contribution in [3.63, 3.8) is 0 Å². The molecule has 0 spiro atoms. The molecular formula is C11H12BrN3S. The Morgan fingerprint density at radius 1 is 1.31 bits per heavy atom. The highest BCUT2D eigenvalue weighted by atomic mass is 79.9. The largest absolute Gasteiger partial charge is 0.322 e. The van der Waals surface area contributed by atoms with E-state index in [1.54, 1.807) is 11.3 Å². The number of aromatic nitrogens is 2. The van der Waals surface area contributed by atoms with Crippen molar-refractivity contribution in [2.75, 3.05) is 0 Å². The monoisotopic (exact) mass is 297 g/mol. The molecule has 0 aliphatic heterocycles. The van der Waals surface area contributed by atoms with E-state index in [4.69, 9.17) is 5.73 Å². The molecule has 0 aliphatic carbocycles. The lowest BCUT2D eigenvalue weighted by atomic mass is 10.1. The molecule has 2 rings (SSSR count). The molecule has 2 aromatic rings. The lowest BCUT2D eigenvalue weighted by molar-refractivity contribution is 0.786. The van der Waals surface area contributed by atoms with Crippen LogP contribution in [-0.2, 0) is 0 Å². The third-order valence-electron chi connectivity index (χ3n) is 2.12. The van der Waals surface area contributed by atoms with Gasteiger partial charge in [0, 0.05) is 10.0 Å². The first-order valence-corrected chi connectivity index (χ1v) is 6.54. The Morgan fingerprint density at radius 2 is 2.06 bits per heavy atom. The number of aryl methyl sites for hydroxylation is 1. The minimum absolute atomic E-state index is 0.0560. The summed E-state index contributed by atoms with van der Waals surface area (Å²) in [4.78, 5) is 0. The summed E-state index contributed by atoms with van der Waals surface area (Å²) in [6.07, 6.45) is 0. The average Bonchev–Trinajstić information content (AvgIpc) is 2.64. The lowest BCUT2D eigenvalue weighted by Gasteiger charge is -1.99. The molecule has 0 amide bonds. The first-order valence-electron chi connectivity index (χ1n) is 4.93. The van der Waals surface area contributed by atoms with Gasteiger partial charge in [0.05, 0.1) is 6.04 Å². The van der Waals surface area contributed by atoms with E-state index in [0.717, 1.165) is 20.1 Å². The van der Waals surface area contributed by atoms with Gasteiger partial charge < -0.3 is 5.73 Å². The van der Waals surface area contributed by atoms with Crippen molar-refractivity contribution in [3.05, 3.63) is 33.2 Å². The summed E-state index contributed by atoms with van der Waals surface area (Å²) < 4.78 is 1.06. The molecule has 1 aromatic carbocycles. The second-order valence-electron chi connectivity index (χ2n) is 3.75. The van der Waals surface area contributed by atoms with Crippen LogP contribution in [0.3, 0.4) is 0 Å². The number of nitrogens with zero attached hydrogens (tertiary/aromatic N) is 2. The van der Waals surface area contributed by atoms with Crippen LogP contribution >= 0.6 is 27.3 Å². The molecule has 1 aromatic heterocycles. The molecule has 1 atom stereocenters. The standard InChI is InChI=1S/C11H12BrN3S/c1-6-3-8(5-9(12)4-6)11-15-14-10(16-11)7(2)13/h3-5,7H,13H2,1-2H3. The Morgan fingerprint density at radius 3 is 2.62 bits per heavy atom. The Hall–Kier alpha value is -0.780. The van der Waals surface area contributed by atoms with Gasteiger partial charge >= 0.3 is 0 Å². The summed E-state index contributed by atoms with van der Waals surface area (Å²) in [5.41, 5.74) is 8.04. The summed E-state index contributed by atoms with van der Waals surface area (Å²) >= 11 is 5.02. The maximum absolute atomic E-state index is 5.76. The second-order valence-corrected chi connectivity index (χ2v) is 5.68. The number of hydrogen-bond acceptors (Lipinski definition) is 4. The molecule has 84 valence electrons. The van der Waals surface area contributed by atoms with Crippen LogP contribution in [0.5, 0.6) is 0 Å². The van der Waals surface area contributed by atoms with Gasteiger partial charge in [-0.2, -0.15) is 0 Å². The van der Waals surface area contributed by atoms with Crippen LogP contribution in [0.2, 0.25) is 0 Å². The molecule has 5 heteroatoms. The van der Waals surface area contributed by atoms with E-state index in [1.807, 2.05) is 13.0 Å². The van der Waals surface area contributed by atoms with Gasteiger partial charge in [-0.3, -0.25) is 0 Å². The molecule has 0 saturated heterocycles. The van der Waals surface area contributed by atoms with Crippen molar-refractivity contribution in [1.82, 2.24) is 10.2 Å². The first kappa shape index (κ1) is 11.7. The Balaban J connectivity index is 2.42. The van der Waals surface area contributed by atoms with Crippen LogP contribution in [0, 0.1) is 6.92 Å². The molecule has 0 saturated carbocycles. The molecule has 1 heterocycles. The van der Waals surface area contributed by atoms with Gasteiger partial charge in [-0.15, -0.1) is 10.2 Å². The van der Waals surface area contributed by atoms with E-state index >= 15 is 0 Å². The molecule has 0 bridgehead atoms. The molecule has 3 nitrogen and oxygen atoms in total. The van der Waals surface area contributed by atoms with Crippen LogP contribution < -0.4 is 5.73 Å². The van der Waals surface area contributed by atoms with Crippen molar-refractivity contribution in [2.45, 2.75) is 19.9 Å². The molecule has 2 N–H and O–H groups in total. The van der Waals surface area contributed by atoms with Gasteiger partial charge in [0.1, 0.15) is 10.0 Å². The highest BCUT2D eigenvalue weighted by molar-refractivity contribution is 9.10. The third-order valence-corrected chi connectivity index (χ3v) is 3.75. The van der Waals surface area contributed by atoms with Gasteiger partial charge in [0.25, 0.3) is 0 Å². The Labute approximate surface area is 107 Å². The molecule has 16 heavy (non-hydrogen) atoms. The van der Waals surface area contributed by atoms with Gasteiger partial charge in [-0.1, -0.05) is 27.3 Å². The zero-order valence-electron chi connectivity index (χ0n) is 9.07. The third kappa shape index (κ3) is 2.48. The van der Waals surface area contributed by atoms with Crippen molar-refractivity contribution >= 4 is 27.3 Å². The molecule has 0 radical (unpaired) electrons. The van der Waals surface area contributed by atoms with Gasteiger partial charge in [-0.05, 0) is 37.6 Å². The summed E-state index contributed by atoms with van der Waals surface area (Å²) in [6.45, 7) is 3.97. The number of benzene rings is 1. The van der Waals surface area contributed by atoms with E-state index in [0.29, 0.717) is 0 Å². The number of rotatable bonds is 2. The van der Waals surface area contributed by atoms with Crippen LogP contribution in [0.4, 0.5) is 0 Å². The second kappa shape index (κ2) is 4.61. The van der Waals surface area contributed by atoms with Crippen LogP contribution in [-0.4, -0.2) is 10.2 Å². The highest BCUT2D eigenvalue weighted by Crippen LogP contribution is 2.28. The summed E-state index contributed by atoms with van der Waals surface area (Å²) in [7, 11) is 0. The number of nitrogens with two attached hydrogens (primary N) is 1. The van der Waals surface area contributed by atoms with Gasteiger partial charge in [0.15, 0.2) is 0 Å². The molecule has 1 unspecified atom stereocenters. The summed E-state index contributed by atoms with van der Waals surface area (Å²) in [6, 6.07) is 6.14. The quantitative estimate of drug-likeness (QED) is 0.925. The molecule has 0 aliphatic rings. The van der Waals surface area contributed by atoms with Gasteiger partial charge in [-0.25, -0.2) is 0 Å². The fourth-order valence-corrected chi connectivity index (χ4v) is 2.79. The van der Waals surface area contributed by atoms with Crippen molar-refractivity contribution in [3.8, 4) is 10.6 Å². The van der Waals surface area contributed by atoms with E-state index < -0.39 is 0 Å². The smallest absolute Gasteiger partial charge is 0.147 e. The zero-order valence-corrected chi connectivity index (χ0v) is 11.5. The van der Waals surface area contributed by atoms with Crippen molar-refractivity contribution in [1.29, 1.82) is 0 Å². The SMILES string of the molecule is Cc1cc(Br)cc(-c2nnc(C(C)N)s2)c1. The summed E-state index contributed by atoms with van der Waals surface area (Å²) in [5.74, 6) is 0. The first-order chi connectivity index (χ1) is 7.56. The molecular weight excluding hydrogens is 286 g/mol. The maximum atomic E-state index is 5.76. The van der Waals surface area contributed by atoms with Crippen LogP contribution in [0.1, 0.15) is 23.5 Å². The fourth-order valence-electron chi connectivity index (χ4n) is 1.40. The lowest BCUT2D eigenvalue weighted by Crippen LogP contribution is -2.03. The van der Waals surface area contributed by atoms with Crippen molar-refractivity contribution < 1.29 is 0 Å². The zero-order chi connectivity index (χ0) is 11.7. The number of hydrogen-bond donors (Lipinski definition) is 1. The van der Waals surface area contributed by atoms with Crippen molar-refractivity contribution in [2.24, 2.45) is 5.73 Å². The normalized spacial score (nSPS) is 12.8. The van der Waals surface area contributed by atoms with E-state index in [1.165, 1.54) is 5.56 Å². The molecule has 0 fully saturated rings. The fraction of sp³-hybridized carbons (Fsp3) is 0.273. The predicted molar refractivity (Wildman–Crippen MR) is 70.4 cm³/mol. The summed E-state index contributed by atoms with van der Waals surface area (Å²) in [5, 5.41) is 10.0. The van der Waals surface area contributed by atoms with Crippen LogP contribution in [0.25, 0.3) is 10.6 Å². The minimum Gasteiger partial charge on any atom is -0.322 e. The Kier molecular flexibility index (Phi) is 3.37. The van der Waals surface area contributed by atoms with Crippen LogP contribution in [0.15, 0.2) is 22.7 Å². The number of halogens is 1.